The van der Waals surface area contributed by atoms with E-state index in [9.17, 15) is 13.6 Å². The van der Waals surface area contributed by atoms with Crippen LogP contribution in [0.15, 0.2) is 54.6 Å². The molecule has 25 heavy (non-hydrogen) atoms. The van der Waals surface area contributed by atoms with E-state index < -0.39 is 12.7 Å². The number of amides is 1. The quantitative estimate of drug-likeness (QED) is 0.814. The zero-order valence-corrected chi connectivity index (χ0v) is 14.6. The molecule has 0 bridgehead atoms. The lowest BCUT2D eigenvalue weighted by Crippen LogP contribution is -2.42. The lowest BCUT2D eigenvalue weighted by molar-refractivity contribution is -0.131. The number of hydrogen-bond donors (Lipinski definition) is 1. The van der Waals surface area contributed by atoms with Crippen LogP contribution < -0.4 is 10.5 Å². The number of nitrogens with zero attached hydrogens (tertiary/aromatic N) is 1. The Morgan fingerprint density at radius 2 is 1.68 bits per heavy atom. The Balaban J connectivity index is 0.00000312. The molecule has 0 aliphatic rings. The van der Waals surface area contributed by atoms with Crippen molar-refractivity contribution in [3.05, 3.63) is 65.7 Å². The first-order chi connectivity index (χ1) is 11.5. The second-order valence-electron chi connectivity index (χ2n) is 5.51. The van der Waals surface area contributed by atoms with Crippen molar-refractivity contribution in [1.82, 2.24) is 4.90 Å². The Kier molecular flexibility index (Phi) is 8.31. The number of hydrogen-bond acceptors (Lipinski definition) is 3. The average Bonchev–Trinajstić information content (AvgIpc) is 2.56. The maximum Gasteiger partial charge on any atom is 0.387 e. The molecular formula is C18H21ClF2N2O2. The molecule has 0 saturated carbocycles. The molecule has 1 unspecified atom stereocenters. The number of halogens is 3. The highest BCUT2D eigenvalue weighted by Gasteiger charge is 2.18. The van der Waals surface area contributed by atoms with Gasteiger partial charge in [-0.2, -0.15) is 8.78 Å². The monoisotopic (exact) mass is 370 g/mol. The first-order valence-electron chi connectivity index (χ1n) is 7.54. The summed E-state index contributed by atoms with van der Waals surface area (Å²) in [7, 11) is 1.66. The van der Waals surface area contributed by atoms with E-state index in [1.54, 1.807) is 19.2 Å². The highest BCUT2D eigenvalue weighted by atomic mass is 35.5. The number of alkyl halides is 2. The van der Waals surface area contributed by atoms with E-state index in [-0.39, 0.29) is 24.1 Å². The van der Waals surface area contributed by atoms with Gasteiger partial charge in [0.25, 0.3) is 0 Å². The van der Waals surface area contributed by atoms with Gasteiger partial charge in [0, 0.05) is 13.6 Å². The molecule has 0 aliphatic heterocycles. The summed E-state index contributed by atoms with van der Waals surface area (Å²) in [6.07, 6.45) is 0.463. The number of ether oxygens (including phenoxy) is 1. The number of benzene rings is 2. The van der Waals surface area contributed by atoms with Crippen LogP contribution in [0.25, 0.3) is 0 Å². The van der Waals surface area contributed by atoms with Crippen LogP contribution in [-0.4, -0.2) is 30.5 Å². The highest BCUT2D eigenvalue weighted by Crippen LogP contribution is 2.16. The Hall–Kier alpha value is -2.18. The summed E-state index contributed by atoms with van der Waals surface area (Å²) < 4.78 is 28.5. The van der Waals surface area contributed by atoms with Gasteiger partial charge in [0.15, 0.2) is 0 Å². The van der Waals surface area contributed by atoms with Crippen LogP contribution in [0.3, 0.4) is 0 Å². The number of likely N-dealkylation sites (N-methyl/N-ethyl adjacent to an activating group) is 1. The van der Waals surface area contributed by atoms with Crippen molar-refractivity contribution in [3.63, 3.8) is 0 Å². The molecule has 7 heteroatoms. The van der Waals surface area contributed by atoms with Gasteiger partial charge in [0.05, 0.1) is 6.04 Å². The van der Waals surface area contributed by atoms with Crippen molar-refractivity contribution in [2.75, 3.05) is 7.05 Å². The van der Waals surface area contributed by atoms with E-state index in [0.29, 0.717) is 13.0 Å². The number of carbonyl (C=O) groups is 1. The lowest BCUT2D eigenvalue weighted by Gasteiger charge is -2.21. The first kappa shape index (κ1) is 20.9. The summed E-state index contributed by atoms with van der Waals surface area (Å²) in [5.41, 5.74) is 7.79. The summed E-state index contributed by atoms with van der Waals surface area (Å²) >= 11 is 0. The van der Waals surface area contributed by atoms with Crippen molar-refractivity contribution in [1.29, 1.82) is 0 Å². The minimum Gasteiger partial charge on any atom is -0.435 e. The summed E-state index contributed by atoms with van der Waals surface area (Å²) in [4.78, 5) is 13.9. The van der Waals surface area contributed by atoms with Crippen molar-refractivity contribution >= 4 is 18.3 Å². The van der Waals surface area contributed by atoms with Crippen LogP contribution in [0.4, 0.5) is 8.78 Å². The standard InChI is InChI=1S/C18H20F2N2O2.ClH/c1-22(12-14-7-9-15(10-8-14)24-18(19)20)17(23)16(21)11-13-5-3-2-4-6-13;/h2-10,16,18H,11-12,21H2,1H3;1H. The van der Waals surface area contributed by atoms with E-state index in [1.807, 2.05) is 30.3 Å². The number of carbonyl (C=O) groups excluding carboxylic acids is 1. The molecule has 2 aromatic rings. The van der Waals surface area contributed by atoms with Crippen molar-refractivity contribution in [2.24, 2.45) is 5.73 Å². The topological polar surface area (TPSA) is 55.6 Å². The second-order valence-corrected chi connectivity index (χ2v) is 5.51. The zero-order chi connectivity index (χ0) is 17.5. The molecule has 0 heterocycles. The van der Waals surface area contributed by atoms with Crippen LogP contribution in [0.5, 0.6) is 5.75 Å². The van der Waals surface area contributed by atoms with E-state index in [4.69, 9.17) is 5.73 Å². The fourth-order valence-electron chi connectivity index (χ4n) is 2.37. The van der Waals surface area contributed by atoms with Gasteiger partial charge in [-0.15, -0.1) is 12.4 Å². The summed E-state index contributed by atoms with van der Waals surface area (Å²) in [5, 5.41) is 0. The molecule has 0 radical (unpaired) electrons. The van der Waals surface area contributed by atoms with Crippen molar-refractivity contribution in [2.45, 2.75) is 25.6 Å². The fourth-order valence-corrected chi connectivity index (χ4v) is 2.37. The van der Waals surface area contributed by atoms with E-state index in [2.05, 4.69) is 4.74 Å². The molecule has 0 aliphatic carbocycles. The fraction of sp³-hybridized carbons (Fsp3) is 0.278. The molecule has 2 rings (SSSR count). The van der Waals surface area contributed by atoms with Crippen LogP contribution >= 0.6 is 12.4 Å². The summed E-state index contributed by atoms with van der Waals surface area (Å²) in [5.74, 6) is -0.0877. The third-order valence-corrected chi connectivity index (χ3v) is 3.56. The third kappa shape index (κ3) is 6.68. The molecule has 0 saturated heterocycles. The number of rotatable bonds is 7. The lowest BCUT2D eigenvalue weighted by atomic mass is 10.1. The largest absolute Gasteiger partial charge is 0.435 e. The minimum atomic E-state index is -2.85. The van der Waals surface area contributed by atoms with Gasteiger partial charge >= 0.3 is 6.61 Å². The second kappa shape index (κ2) is 9.96. The molecule has 0 fully saturated rings. The molecule has 2 aromatic carbocycles. The van der Waals surface area contributed by atoms with E-state index >= 15 is 0 Å². The Bertz CT molecular complexity index is 654. The third-order valence-electron chi connectivity index (χ3n) is 3.56. The van der Waals surface area contributed by atoms with Crippen LogP contribution in [-0.2, 0) is 17.8 Å². The van der Waals surface area contributed by atoms with E-state index in [1.165, 1.54) is 17.0 Å². The van der Waals surface area contributed by atoms with Gasteiger partial charge in [-0.05, 0) is 29.7 Å². The first-order valence-corrected chi connectivity index (χ1v) is 7.54. The van der Waals surface area contributed by atoms with Gasteiger partial charge in [-0.1, -0.05) is 42.5 Å². The van der Waals surface area contributed by atoms with Gasteiger partial charge in [-0.3, -0.25) is 4.79 Å². The minimum absolute atomic E-state index is 0. The normalized spacial score (nSPS) is 11.6. The summed E-state index contributed by atoms with van der Waals surface area (Å²) in [6.45, 7) is -2.51. The SMILES string of the molecule is CN(Cc1ccc(OC(F)F)cc1)C(=O)C(N)Cc1ccccc1.Cl. The molecule has 1 amide bonds. The van der Waals surface area contributed by atoms with Crippen molar-refractivity contribution in [3.8, 4) is 5.75 Å². The maximum absolute atomic E-state index is 12.3. The molecular weight excluding hydrogens is 350 g/mol. The molecule has 0 spiro atoms. The highest BCUT2D eigenvalue weighted by molar-refractivity contribution is 5.85. The maximum atomic E-state index is 12.3. The molecule has 0 aromatic heterocycles. The van der Waals surface area contributed by atoms with E-state index in [0.717, 1.165) is 11.1 Å². The Morgan fingerprint density at radius 3 is 2.24 bits per heavy atom. The van der Waals surface area contributed by atoms with Gasteiger partial charge in [0.2, 0.25) is 5.91 Å². The molecule has 2 N–H and O–H groups in total. The zero-order valence-electron chi connectivity index (χ0n) is 13.8. The van der Waals surface area contributed by atoms with Gasteiger partial charge in [0.1, 0.15) is 5.75 Å². The Labute approximate surface area is 152 Å². The van der Waals surface area contributed by atoms with Crippen LogP contribution in [0, 0.1) is 0 Å². The van der Waals surface area contributed by atoms with Gasteiger partial charge in [-0.25, -0.2) is 0 Å². The average molecular weight is 371 g/mol. The number of nitrogens with two attached hydrogens (primary N) is 1. The van der Waals surface area contributed by atoms with Gasteiger partial charge < -0.3 is 15.4 Å². The van der Waals surface area contributed by atoms with Crippen LogP contribution in [0.1, 0.15) is 11.1 Å². The molecule has 1 atom stereocenters. The smallest absolute Gasteiger partial charge is 0.387 e. The summed E-state index contributed by atoms with van der Waals surface area (Å²) in [6, 6.07) is 15.1. The predicted molar refractivity (Wildman–Crippen MR) is 94.9 cm³/mol. The Morgan fingerprint density at radius 1 is 1.08 bits per heavy atom. The van der Waals surface area contributed by atoms with Crippen molar-refractivity contribution < 1.29 is 18.3 Å². The van der Waals surface area contributed by atoms with Crippen LogP contribution in [0.2, 0.25) is 0 Å². The predicted octanol–water partition coefficient (Wildman–Crippen LogP) is 3.24. The molecule has 136 valence electrons. The molecule has 4 nitrogen and oxygen atoms in total.